The van der Waals surface area contributed by atoms with Crippen LogP contribution < -0.4 is 5.32 Å². The molecule has 0 aliphatic heterocycles. The zero-order valence-corrected chi connectivity index (χ0v) is 13.7. The maximum Gasteiger partial charge on any atom is 0.269 e. The third-order valence-corrected chi connectivity index (χ3v) is 4.42. The smallest absolute Gasteiger partial charge is 0.269 e. The van der Waals surface area contributed by atoms with Crippen molar-refractivity contribution in [2.75, 3.05) is 27.2 Å². The van der Waals surface area contributed by atoms with Crippen LogP contribution in [0.5, 0.6) is 0 Å². The highest BCUT2D eigenvalue weighted by atomic mass is 32.1. The number of non-ortho nitro benzene ring substituents is 1. The fourth-order valence-electron chi connectivity index (χ4n) is 2.11. The Labute approximate surface area is 134 Å². The van der Waals surface area contributed by atoms with Crippen LogP contribution in [0.4, 0.5) is 5.69 Å². The summed E-state index contributed by atoms with van der Waals surface area (Å²) in [6, 6.07) is 10.9. The van der Waals surface area contributed by atoms with Crippen LogP contribution in [0.25, 0.3) is 10.4 Å². The van der Waals surface area contributed by atoms with E-state index in [1.165, 1.54) is 4.88 Å². The fraction of sp³-hybridized carbons (Fsp3) is 0.375. The molecule has 0 bridgehead atoms. The van der Waals surface area contributed by atoms with Gasteiger partial charge in [-0.05, 0) is 63.4 Å². The van der Waals surface area contributed by atoms with E-state index in [1.807, 2.05) is 0 Å². The van der Waals surface area contributed by atoms with E-state index in [1.54, 1.807) is 35.6 Å². The Kier molecular flexibility index (Phi) is 6.06. The van der Waals surface area contributed by atoms with Crippen molar-refractivity contribution in [3.05, 3.63) is 51.4 Å². The average molecular weight is 319 g/mol. The molecule has 0 atom stereocenters. The molecule has 1 aromatic carbocycles. The van der Waals surface area contributed by atoms with E-state index in [-0.39, 0.29) is 10.6 Å². The van der Waals surface area contributed by atoms with E-state index >= 15 is 0 Å². The summed E-state index contributed by atoms with van der Waals surface area (Å²) in [4.78, 5) is 14.9. The molecule has 1 heterocycles. The fourth-order valence-corrected chi connectivity index (χ4v) is 3.09. The molecular weight excluding hydrogens is 298 g/mol. The average Bonchev–Trinajstić information content (AvgIpc) is 2.95. The van der Waals surface area contributed by atoms with Gasteiger partial charge in [-0.2, -0.15) is 0 Å². The summed E-state index contributed by atoms with van der Waals surface area (Å²) in [6.07, 6.45) is 1.13. The van der Waals surface area contributed by atoms with Gasteiger partial charge in [0.25, 0.3) is 5.69 Å². The Morgan fingerprint density at radius 1 is 1.18 bits per heavy atom. The molecule has 0 unspecified atom stereocenters. The lowest BCUT2D eigenvalue weighted by Gasteiger charge is -2.09. The predicted octanol–water partition coefficient (Wildman–Crippen LogP) is 3.36. The van der Waals surface area contributed by atoms with Gasteiger partial charge in [0.15, 0.2) is 0 Å². The van der Waals surface area contributed by atoms with Crippen molar-refractivity contribution in [2.24, 2.45) is 0 Å². The summed E-state index contributed by atoms with van der Waals surface area (Å²) in [5, 5.41) is 14.1. The van der Waals surface area contributed by atoms with Gasteiger partial charge in [-0.25, -0.2) is 0 Å². The highest BCUT2D eigenvalue weighted by molar-refractivity contribution is 7.15. The predicted molar refractivity (Wildman–Crippen MR) is 91.3 cm³/mol. The van der Waals surface area contributed by atoms with Crippen molar-refractivity contribution >= 4 is 17.0 Å². The summed E-state index contributed by atoms with van der Waals surface area (Å²) in [5.74, 6) is 0. The van der Waals surface area contributed by atoms with E-state index in [0.717, 1.165) is 36.5 Å². The molecule has 0 saturated carbocycles. The summed E-state index contributed by atoms with van der Waals surface area (Å²) in [6.45, 7) is 2.96. The van der Waals surface area contributed by atoms with Crippen LogP contribution in [0.15, 0.2) is 36.4 Å². The van der Waals surface area contributed by atoms with Crippen molar-refractivity contribution in [3.8, 4) is 10.4 Å². The summed E-state index contributed by atoms with van der Waals surface area (Å²) in [7, 11) is 4.16. The largest absolute Gasteiger partial charge is 0.312 e. The number of nitrogens with one attached hydrogen (secondary N) is 1. The zero-order chi connectivity index (χ0) is 15.9. The second kappa shape index (κ2) is 8.03. The first-order chi connectivity index (χ1) is 10.6. The van der Waals surface area contributed by atoms with Crippen molar-refractivity contribution in [2.45, 2.75) is 13.0 Å². The third kappa shape index (κ3) is 4.91. The molecule has 5 nitrogen and oxygen atoms in total. The molecule has 0 aliphatic rings. The number of nitro groups is 1. The van der Waals surface area contributed by atoms with E-state index in [0.29, 0.717) is 0 Å². The van der Waals surface area contributed by atoms with Gasteiger partial charge in [0.1, 0.15) is 0 Å². The molecule has 1 aromatic heterocycles. The van der Waals surface area contributed by atoms with Crippen LogP contribution in [-0.4, -0.2) is 37.0 Å². The van der Waals surface area contributed by atoms with Gasteiger partial charge in [-0.1, -0.05) is 0 Å². The number of thiophene rings is 1. The number of hydrogen-bond acceptors (Lipinski definition) is 5. The van der Waals surface area contributed by atoms with Crippen LogP contribution in [0, 0.1) is 10.1 Å². The molecule has 118 valence electrons. The second-order valence-electron chi connectivity index (χ2n) is 5.40. The summed E-state index contributed by atoms with van der Waals surface area (Å²) in [5.41, 5.74) is 1.15. The Morgan fingerprint density at radius 3 is 2.55 bits per heavy atom. The first kappa shape index (κ1) is 16.6. The molecule has 0 saturated heterocycles. The molecule has 22 heavy (non-hydrogen) atoms. The minimum absolute atomic E-state index is 0.128. The minimum Gasteiger partial charge on any atom is -0.312 e. The van der Waals surface area contributed by atoms with Crippen molar-refractivity contribution in [1.82, 2.24) is 10.2 Å². The first-order valence-corrected chi connectivity index (χ1v) is 8.07. The van der Waals surface area contributed by atoms with E-state index in [4.69, 9.17) is 0 Å². The van der Waals surface area contributed by atoms with Gasteiger partial charge in [0.05, 0.1) is 4.92 Å². The molecule has 0 aliphatic carbocycles. The maximum absolute atomic E-state index is 10.7. The number of hydrogen-bond donors (Lipinski definition) is 1. The van der Waals surface area contributed by atoms with Crippen LogP contribution in [-0.2, 0) is 6.54 Å². The number of nitrogens with zero attached hydrogens (tertiary/aromatic N) is 2. The molecule has 1 N–H and O–H groups in total. The minimum atomic E-state index is -0.374. The lowest BCUT2D eigenvalue weighted by Crippen LogP contribution is -2.20. The maximum atomic E-state index is 10.7. The van der Waals surface area contributed by atoms with Gasteiger partial charge >= 0.3 is 0 Å². The van der Waals surface area contributed by atoms with E-state index < -0.39 is 0 Å². The van der Waals surface area contributed by atoms with Gasteiger partial charge in [0.2, 0.25) is 0 Å². The van der Waals surface area contributed by atoms with E-state index in [2.05, 4.69) is 36.4 Å². The molecule has 0 amide bonds. The molecule has 6 heteroatoms. The van der Waals surface area contributed by atoms with Gasteiger partial charge < -0.3 is 10.2 Å². The molecule has 2 rings (SSSR count). The Balaban J connectivity index is 1.87. The molecule has 0 spiro atoms. The second-order valence-corrected chi connectivity index (χ2v) is 6.57. The Hall–Kier alpha value is -1.76. The lowest BCUT2D eigenvalue weighted by atomic mass is 10.2. The Bertz CT molecular complexity index is 608. The van der Waals surface area contributed by atoms with Gasteiger partial charge in [-0.3, -0.25) is 10.1 Å². The summed E-state index contributed by atoms with van der Waals surface area (Å²) >= 11 is 1.72. The summed E-state index contributed by atoms with van der Waals surface area (Å²) < 4.78 is 0. The standard InChI is InChI=1S/C16H21N3O2S/c1-18(2)11-3-10-17-12-15-8-9-16(22-15)13-4-6-14(7-5-13)19(20)21/h4-9,17H,3,10-12H2,1-2H3. The van der Waals surface area contributed by atoms with Crippen LogP contribution >= 0.6 is 11.3 Å². The number of nitro benzene ring substituents is 1. The van der Waals surface area contributed by atoms with Gasteiger partial charge in [0, 0.05) is 28.4 Å². The van der Waals surface area contributed by atoms with Crippen LogP contribution in [0.3, 0.4) is 0 Å². The normalized spacial score (nSPS) is 11.0. The number of rotatable bonds is 8. The monoisotopic (exact) mass is 319 g/mol. The molecule has 0 radical (unpaired) electrons. The third-order valence-electron chi connectivity index (χ3n) is 3.28. The van der Waals surface area contributed by atoms with E-state index in [9.17, 15) is 10.1 Å². The first-order valence-electron chi connectivity index (χ1n) is 7.25. The molecular formula is C16H21N3O2S. The highest BCUT2D eigenvalue weighted by Gasteiger charge is 2.07. The zero-order valence-electron chi connectivity index (χ0n) is 12.9. The number of benzene rings is 1. The lowest BCUT2D eigenvalue weighted by molar-refractivity contribution is -0.384. The van der Waals surface area contributed by atoms with Crippen LogP contribution in [0.2, 0.25) is 0 Å². The molecule has 2 aromatic rings. The molecule has 0 fully saturated rings. The quantitative estimate of drug-likeness (QED) is 0.460. The van der Waals surface area contributed by atoms with Crippen molar-refractivity contribution in [1.29, 1.82) is 0 Å². The Morgan fingerprint density at radius 2 is 1.91 bits per heavy atom. The topological polar surface area (TPSA) is 58.4 Å². The highest BCUT2D eigenvalue weighted by Crippen LogP contribution is 2.29. The van der Waals surface area contributed by atoms with Crippen molar-refractivity contribution < 1.29 is 4.92 Å². The van der Waals surface area contributed by atoms with Crippen LogP contribution in [0.1, 0.15) is 11.3 Å². The van der Waals surface area contributed by atoms with Gasteiger partial charge in [-0.15, -0.1) is 11.3 Å². The SMILES string of the molecule is CN(C)CCCNCc1ccc(-c2ccc([N+](=O)[O-])cc2)s1. The van der Waals surface area contributed by atoms with Crippen molar-refractivity contribution in [3.63, 3.8) is 0 Å².